The van der Waals surface area contributed by atoms with Crippen LogP contribution in [0.2, 0.25) is 0 Å². The van der Waals surface area contributed by atoms with Crippen LogP contribution in [0.3, 0.4) is 0 Å². The summed E-state index contributed by atoms with van der Waals surface area (Å²) in [5.41, 5.74) is 3.46. The van der Waals surface area contributed by atoms with Gasteiger partial charge in [-0.1, -0.05) is 48.5 Å². The lowest BCUT2D eigenvalue weighted by Gasteiger charge is -2.41. The zero-order valence-corrected chi connectivity index (χ0v) is 21.7. The molecule has 3 N–H and O–H groups in total. The van der Waals surface area contributed by atoms with Gasteiger partial charge in [-0.05, 0) is 43.0 Å². The third kappa shape index (κ3) is 6.65. The highest BCUT2D eigenvalue weighted by Crippen LogP contribution is 2.25. The van der Waals surface area contributed by atoms with Gasteiger partial charge in [0.25, 0.3) is 0 Å². The number of nitrogens with one attached hydrogen (secondary N) is 3. The van der Waals surface area contributed by atoms with Crippen LogP contribution in [0, 0.1) is 0 Å². The normalized spacial score (nSPS) is 16.6. The molecule has 2 heterocycles. The number of hydrogen-bond donors (Lipinski definition) is 3. The largest absolute Gasteiger partial charge is 0.381 e. The van der Waals surface area contributed by atoms with Crippen LogP contribution in [-0.4, -0.2) is 43.3 Å². The Morgan fingerprint density at radius 1 is 1.03 bits per heavy atom. The van der Waals surface area contributed by atoms with Crippen molar-refractivity contribution in [1.29, 1.82) is 0 Å². The Labute approximate surface area is 213 Å². The molecule has 0 aliphatic carbocycles. The highest BCUT2D eigenvalue weighted by Gasteiger charge is 2.34. The molecule has 0 amide bonds. The molecule has 2 aromatic carbocycles. The Morgan fingerprint density at radius 2 is 1.76 bits per heavy atom. The van der Waals surface area contributed by atoms with E-state index in [0.717, 1.165) is 49.5 Å². The number of fused-ring (bicyclic) bond motifs is 1. The van der Waals surface area contributed by atoms with E-state index in [1.807, 2.05) is 25.4 Å². The van der Waals surface area contributed by atoms with Crippen LogP contribution in [0.1, 0.15) is 36.9 Å². The predicted octanol–water partition coefficient (Wildman–Crippen LogP) is 4.42. The maximum Gasteiger partial charge on any atom is 0.191 e. The van der Waals surface area contributed by atoms with E-state index >= 15 is 0 Å². The second-order valence-corrected chi connectivity index (χ2v) is 8.44. The number of guanidine groups is 1. The first-order valence-electron chi connectivity index (χ1n) is 11.4. The molecule has 7 heteroatoms. The quantitative estimate of drug-likeness (QED) is 0.227. The fraction of sp³-hybridized carbons (Fsp3) is 0.385. The summed E-state index contributed by atoms with van der Waals surface area (Å²) < 4.78 is 5.67. The SMILES string of the molecule is CN=C(NCc1ccnc2ccccc12)NCC1(NC(C)c2ccccc2)CCOCC1.I. The van der Waals surface area contributed by atoms with Crippen molar-refractivity contribution in [3.8, 4) is 0 Å². The highest BCUT2D eigenvalue weighted by atomic mass is 127. The number of para-hydroxylation sites is 1. The topological polar surface area (TPSA) is 70.6 Å². The third-order valence-corrected chi connectivity index (χ3v) is 6.28. The Kier molecular flexibility index (Phi) is 9.46. The van der Waals surface area contributed by atoms with Crippen LogP contribution in [0.4, 0.5) is 0 Å². The van der Waals surface area contributed by atoms with Crippen LogP contribution in [0.15, 0.2) is 71.9 Å². The summed E-state index contributed by atoms with van der Waals surface area (Å²) >= 11 is 0. The van der Waals surface area contributed by atoms with Gasteiger partial charge in [-0.25, -0.2) is 0 Å². The van der Waals surface area contributed by atoms with Crippen molar-refractivity contribution in [3.63, 3.8) is 0 Å². The number of nitrogens with zero attached hydrogens (tertiary/aromatic N) is 2. The van der Waals surface area contributed by atoms with Crippen LogP contribution < -0.4 is 16.0 Å². The van der Waals surface area contributed by atoms with Crippen molar-refractivity contribution >= 4 is 40.8 Å². The Balaban J connectivity index is 0.00000306. The van der Waals surface area contributed by atoms with Gasteiger partial charge in [0.2, 0.25) is 0 Å². The summed E-state index contributed by atoms with van der Waals surface area (Å²) in [5.74, 6) is 0.797. The monoisotopic (exact) mass is 559 g/mol. The number of rotatable bonds is 7. The highest BCUT2D eigenvalue weighted by molar-refractivity contribution is 14.0. The molecule has 176 valence electrons. The molecule has 0 radical (unpaired) electrons. The maximum atomic E-state index is 5.67. The van der Waals surface area contributed by atoms with E-state index in [9.17, 15) is 0 Å². The minimum atomic E-state index is -0.0471. The molecular formula is C26H34IN5O. The van der Waals surface area contributed by atoms with Crippen LogP contribution >= 0.6 is 24.0 Å². The fourth-order valence-electron chi connectivity index (χ4n) is 4.38. The van der Waals surface area contributed by atoms with E-state index in [2.05, 4.69) is 81.4 Å². The molecule has 33 heavy (non-hydrogen) atoms. The molecule has 1 aromatic heterocycles. The predicted molar refractivity (Wildman–Crippen MR) is 146 cm³/mol. The Hall–Kier alpha value is -2.23. The second kappa shape index (κ2) is 12.3. The van der Waals surface area contributed by atoms with Crippen molar-refractivity contribution in [1.82, 2.24) is 20.9 Å². The smallest absolute Gasteiger partial charge is 0.191 e. The maximum absolute atomic E-state index is 5.67. The van der Waals surface area contributed by atoms with E-state index < -0.39 is 0 Å². The molecule has 1 unspecified atom stereocenters. The molecule has 1 atom stereocenters. The molecule has 0 saturated carbocycles. The van der Waals surface area contributed by atoms with Gasteiger partial charge in [0.15, 0.2) is 5.96 Å². The van der Waals surface area contributed by atoms with Crippen molar-refractivity contribution in [2.75, 3.05) is 26.8 Å². The molecule has 0 bridgehead atoms. The van der Waals surface area contributed by atoms with Crippen LogP contribution in [-0.2, 0) is 11.3 Å². The van der Waals surface area contributed by atoms with Gasteiger partial charge in [0.1, 0.15) is 0 Å². The number of ether oxygens (including phenoxy) is 1. The third-order valence-electron chi connectivity index (χ3n) is 6.28. The van der Waals surface area contributed by atoms with E-state index in [-0.39, 0.29) is 35.6 Å². The van der Waals surface area contributed by atoms with E-state index in [0.29, 0.717) is 6.54 Å². The van der Waals surface area contributed by atoms with Crippen molar-refractivity contribution in [3.05, 3.63) is 78.0 Å². The van der Waals surface area contributed by atoms with Crippen molar-refractivity contribution in [2.45, 2.75) is 37.9 Å². The first-order valence-corrected chi connectivity index (χ1v) is 11.4. The van der Waals surface area contributed by atoms with Crippen LogP contribution in [0.5, 0.6) is 0 Å². The summed E-state index contributed by atoms with van der Waals surface area (Å²) in [6.07, 6.45) is 3.79. The zero-order valence-electron chi connectivity index (χ0n) is 19.4. The second-order valence-electron chi connectivity index (χ2n) is 8.44. The van der Waals surface area contributed by atoms with Gasteiger partial charge in [0.05, 0.1) is 5.52 Å². The molecule has 1 aliphatic rings. The number of pyridine rings is 1. The van der Waals surface area contributed by atoms with Crippen LogP contribution in [0.25, 0.3) is 10.9 Å². The van der Waals surface area contributed by atoms with Gasteiger partial charge in [-0.15, -0.1) is 24.0 Å². The molecule has 1 fully saturated rings. The average molecular weight is 559 g/mol. The molecule has 1 aliphatic heterocycles. The van der Waals surface area contributed by atoms with Gasteiger partial charge in [-0.2, -0.15) is 0 Å². The molecular weight excluding hydrogens is 525 g/mol. The summed E-state index contributed by atoms with van der Waals surface area (Å²) in [4.78, 5) is 8.91. The molecule has 4 rings (SSSR count). The Bertz CT molecular complexity index is 1030. The number of hydrogen-bond acceptors (Lipinski definition) is 4. The minimum absolute atomic E-state index is 0. The Morgan fingerprint density at radius 3 is 2.52 bits per heavy atom. The molecule has 1 saturated heterocycles. The minimum Gasteiger partial charge on any atom is -0.381 e. The summed E-state index contributed by atoms with van der Waals surface area (Å²) in [6.45, 7) is 5.24. The molecule has 0 spiro atoms. The van der Waals surface area contributed by atoms with Crippen molar-refractivity contribution in [2.24, 2.45) is 4.99 Å². The number of benzene rings is 2. The molecule has 3 aromatic rings. The molecule has 6 nitrogen and oxygen atoms in total. The summed E-state index contributed by atoms with van der Waals surface area (Å²) in [6, 6.07) is 21.1. The number of aliphatic imine (C=N–C) groups is 1. The van der Waals surface area contributed by atoms with Gasteiger partial charge >= 0.3 is 0 Å². The van der Waals surface area contributed by atoms with Crippen molar-refractivity contribution < 1.29 is 4.74 Å². The van der Waals surface area contributed by atoms with Gasteiger partial charge in [0, 0.05) is 56.5 Å². The fourth-order valence-corrected chi connectivity index (χ4v) is 4.38. The summed E-state index contributed by atoms with van der Waals surface area (Å²) in [7, 11) is 1.82. The first-order chi connectivity index (χ1) is 15.7. The average Bonchev–Trinajstić information content (AvgIpc) is 2.85. The zero-order chi connectivity index (χ0) is 22.2. The van der Waals surface area contributed by atoms with E-state index in [1.54, 1.807) is 0 Å². The van der Waals surface area contributed by atoms with Gasteiger partial charge in [-0.3, -0.25) is 9.98 Å². The number of halogens is 1. The lowest BCUT2D eigenvalue weighted by molar-refractivity contribution is 0.0355. The van der Waals surface area contributed by atoms with Gasteiger partial charge < -0.3 is 20.7 Å². The first kappa shape index (κ1) is 25.4. The van der Waals surface area contributed by atoms with E-state index in [4.69, 9.17) is 4.74 Å². The standard InChI is InChI=1S/C26H33N5O.HI/c1-20(21-8-4-3-5-9-21)31-26(13-16-32-17-14-26)19-30-25(27-2)29-18-22-12-15-28-24-11-7-6-10-23(22)24;/h3-12,15,20,31H,13-14,16-19H2,1-2H3,(H2,27,29,30);1H. The summed E-state index contributed by atoms with van der Waals surface area (Å²) in [5, 5.41) is 12.1. The number of aromatic nitrogens is 1. The lowest BCUT2D eigenvalue weighted by atomic mass is 9.88. The lowest BCUT2D eigenvalue weighted by Crippen LogP contribution is -2.58. The van der Waals surface area contributed by atoms with E-state index in [1.165, 1.54) is 11.1 Å².